The molecule has 0 spiro atoms. The normalized spacial score (nSPS) is 24.5. The van der Waals surface area contributed by atoms with Crippen LogP contribution in [0.15, 0.2) is 0 Å². The predicted octanol–water partition coefficient (Wildman–Crippen LogP) is 2.75. The molecule has 4 heteroatoms. The first-order valence-corrected chi connectivity index (χ1v) is 6.44. The maximum absolute atomic E-state index is 6.24. The van der Waals surface area contributed by atoms with Gasteiger partial charge in [-0.15, -0.1) is 0 Å². The second kappa shape index (κ2) is 4.76. The Morgan fingerprint density at radius 1 is 1.50 bits per heavy atom. The smallest absolute Gasteiger partial charge is 0.0860 e. The van der Waals surface area contributed by atoms with Crippen LogP contribution in [0.2, 0.25) is 5.02 Å². The van der Waals surface area contributed by atoms with E-state index >= 15 is 0 Å². The average molecular weight is 242 g/mol. The molecule has 1 aliphatic rings. The van der Waals surface area contributed by atoms with Crippen LogP contribution in [0.3, 0.4) is 0 Å². The molecular weight excluding hydrogens is 222 g/mol. The quantitative estimate of drug-likeness (QED) is 0.879. The predicted molar refractivity (Wildman–Crippen MR) is 66.7 cm³/mol. The standard InChI is InChI=1S/C12H20ClN3/c1-4-16-11(12(13)9(3)15-16)7-14-10-5-8(2)6-10/h8,10,14H,4-7H2,1-3H3. The monoisotopic (exact) mass is 241 g/mol. The number of hydrogen-bond donors (Lipinski definition) is 1. The summed E-state index contributed by atoms with van der Waals surface area (Å²) in [5.41, 5.74) is 2.06. The van der Waals surface area contributed by atoms with E-state index in [-0.39, 0.29) is 0 Å². The number of aryl methyl sites for hydroxylation is 2. The van der Waals surface area contributed by atoms with Crippen molar-refractivity contribution in [3.05, 3.63) is 16.4 Å². The summed E-state index contributed by atoms with van der Waals surface area (Å²) in [5.74, 6) is 0.880. The van der Waals surface area contributed by atoms with Crippen LogP contribution in [0.25, 0.3) is 0 Å². The Kier molecular flexibility index (Phi) is 3.55. The zero-order valence-electron chi connectivity index (χ0n) is 10.3. The van der Waals surface area contributed by atoms with Gasteiger partial charge in [0.25, 0.3) is 0 Å². The van der Waals surface area contributed by atoms with E-state index in [0.717, 1.165) is 35.4 Å². The van der Waals surface area contributed by atoms with Crippen molar-refractivity contribution in [1.29, 1.82) is 0 Å². The minimum absolute atomic E-state index is 0.673. The molecule has 3 nitrogen and oxygen atoms in total. The van der Waals surface area contributed by atoms with Crippen LogP contribution in [0.1, 0.15) is 38.1 Å². The summed E-state index contributed by atoms with van der Waals surface area (Å²) in [6, 6.07) is 0.673. The van der Waals surface area contributed by atoms with Crippen molar-refractivity contribution in [1.82, 2.24) is 15.1 Å². The van der Waals surface area contributed by atoms with Gasteiger partial charge in [0.2, 0.25) is 0 Å². The Labute approximate surface area is 102 Å². The van der Waals surface area contributed by atoms with Gasteiger partial charge in [-0.3, -0.25) is 4.68 Å². The summed E-state index contributed by atoms with van der Waals surface area (Å²) in [7, 11) is 0. The highest BCUT2D eigenvalue weighted by Crippen LogP contribution is 2.27. The number of halogens is 1. The zero-order valence-corrected chi connectivity index (χ0v) is 11.0. The van der Waals surface area contributed by atoms with E-state index in [2.05, 4.69) is 24.3 Å². The molecule has 1 aromatic rings. The first-order chi connectivity index (χ1) is 7.61. The van der Waals surface area contributed by atoms with Crippen molar-refractivity contribution in [2.45, 2.75) is 52.7 Å². The summed E-state index contributed by atoms with van der Waals surface area (Å²) in [5, 5.41) is 8.78. The average Bonchev–Trinajstić information content (AvgIpc) is 2.49. The number of aromatic nitrogens is 2. The first kappa shape index (κ1) is 11.9. The minimum Gasteiger partial charge on any atom is -0.308 e. The zero-order chi connectivity index (χ0) is 11.7. The molecule has 1 fully saturated rings. The van der Waals surface area contributed by atoms with Crippen molar-refractivity contribution in [3.8, 4) is 0 Å². The van der Waals surface area contributed by atoms with Crippen LogP contribution < -0.4 is 5.32 Å². The molecule has 1 aromatic heterocycles. The van der Waals surface area contributed by atoms with Gasteiger partial charge in [0.05, 0.1) is 16.4 Å². The minimum atomic E-state index is 0.673. The van der Waals surface area contributed by atoms with Crippen LogP contribution in [0.5, 0.6) is 0 Å². The third-order valence-electron chi connectivity index (χ3n) is 3.38. The van der Waals surface area contributed by atoms with E-state index in [1.807, 2.05) is 11.6 Å². The lowest BCUT2D eigenvalue weighted by Gasteiger charge is -2.33. The van der Waals surface area contributed by atoms with Crippen molar-refractivity contribution in [2.24, 2.45) is 5.92 Å². The highest BCUT2D eigenvalue weighted by atomic mass is 35.5. The van der Waals surface area contributed by atoms with E-state index in [4.69, 9.17) is 11.6 Å². The molecule has 0 unspecified atom stereocenters. The van der Waals surface area contributed by atoms with Crippen molar-refractivity contribution in [2.75, 3.05) is 0 Å². The summed E-state index contributed by atoms with van der Waals surface area (Å²) < 4.78 is 1.99. The lowest BCUT2D eigenvalue weighted by molar-refractivity contribution is 0.238. The first-order valence-electron chi connectivity index (χ1n) is 6.07. The van der Waals surface area contributed by atoms with E-state index < -0.39 is 0 Å². The fourth-order valence-electron chi connectivity index (χ4n) is 2.35. The van der Waals surface area contributed by atoms with Crippen molar-refractivity contribution in [3.63, 3.8) is 0 Å². The maximum atomic E-state index is 6.24. The third kappa shape index (κ3) is 2.25. The van der Waals surface area contributed by atoms with Gasteiger partial charge in [-0.25, -0.2) is 0 Å². The van der Waals surface area contributed by atoms with E-state index in [0.29, 0.717) is 6.04 Å². The second-order valence-corrected chi connectivity index (χ2v) is 5.19. The van der Waals surface area contributed by atoms with Gasteiger partial charge in [0.15, 0.2) is 0 Å². The molecule has 1 heterocycles. The van der Waals surface area contributed by atoms with Crippen molar-refractivity contribution < 1.29 is 0 Å². The molecule has 2 rings (SSSR count). The molecule has 1 aliphatic carbocycles. The lowest BCUT2D eigenvalue weighted by atomic mass is 9.82. The molecule has 1 saturated carbocycles. The Hall–Kier alpha value is -0.540. The number of nitrogens with zero attached hydrogens (tertiary/aromatic N) is 2. The summed E-state index contributed by atoms with van der Waals surface area (Å²) in [4.78, 5) is 0. The van der Waals surface area contributed by atoms with Crippen molar-refractivity contribution >= 4 is 11.6 Å². The third-order valence-corrected chi connectivity index (χ3v) is 3.88. The Bertz CT molecular complexity index is 367. The van der Waals surface area contributed by atoms with E-state index in [1.165, 1.54) is 12.8 Å². The van der Waals surface area contributed by atoms with Gasteiger partial charge in [-0.1, -0.05) is 18.5 Å². The Morgan fingerprint density at radius 2 is 2.19 bits per heavy atom. The molecule has 16 heavy (non-hydrogen) atoms. The van der Waals surface area contributed by atoms with Gasteiger partial charge in [0, 0.05) is 19.1 Å². The highest BCUT2D eigenvalue weighted by molar-refractivity contribution is 6.31. The molecule has 0 saturated heterocycles. The van der Waals surface area contributed by atoms with E-state index in [1.54, 1.807) is 0 Å². The van der Waals surface area contributed by atoms with Gasteiger partial charge in [-0.05, 0) is 32.6 Å². The number of hydrogen-bond acceptors (Lipinski definition) is 2. The molecule has 0 atom stereocenters. The number of rotatable bonds is 4. The SMILES string of the molecule is CCn1nc(C)c(Cl)c1CNC1CC(C)C1. The largest absolute Gasteiger partial charge is 0.308 e. The topological polar surface area (TPSA) is 29.9 Å². The molecule has 0 amide bonds. The second-order valence-electron chi connectivity index (χ2n) is 4.82. The van der Waals surface area contributed by atoms with E-state index in [9.17, 15) is 0 Å². The van der Waals surface area contributed by atoms with Crippen LogP contribution in [0, 0.1) is 12.8 Å². The Balaban J connectivity index is 1.97. The van der Waals surface area contributed by atoms with Gasteiger partial charge in [0.1, 0.15) is 0 Å². The van der Waals surface area contributed by atoms with Gasteiger partial charge >= 0.3 is 0 Å². The summed E-state index contributed by atoms with van der Waals surface area (Å²) >= 11 is 6.24. The summed E-state index contributed by atoms with van der Waals surface area (Å²) in [6.45, 7) is 8.07. The van der Waals surface area contributed by atoms with Gasteiger partial charge in [-0.2, -0.15) is 5.10 Å². The summed E-state index contributed by atoms with van der Waals surface area (Å²) in [6.07, 6.45) is 2.58. The Morgan fingerprint density at radius 3 is 2.75 bits per heavy atom. The lowest BCUT2D eigenvalue weighted by Crippen LogP contribution is -2.40. The molecule has 0 aromatic carbocycles. The molecular formula is C12H20ClN3. The highest BCUT2D eigenvalue weighted by Gasteiger charge is 2.25. The van der Waals surface area contributed by atoms with Crippen LogP contribution in [0.4, 0.5) is 0 Å². The fourth-order valence-corrected chi connectivity index (χ4v) is 2.55. The molecule has 0 bridgehead atoms. The van der Waals surface area contributed by atoms with Crippen LogP contribution in [-0.4, -0.2) is 15.8 Å². The van der Waals surface area contributed by atoms with Crippen LogP contribution >= 0.6 is 11.6 Å². The fraction of sp³-hybridized carbons (Fsp3) is 0.750. The molecule has 90 valence electrons. The molecule has 0 aliphatic heterocycles. The van der Waals surface area contributed by atoms with Crippen LogP contribution in [-0.2, 0) is 13.1 Å². The molecule has 0 radical (unpaired) electrons. The maximum Gasteiger partial charge on any atom is 0.0860 e. The number of nitrogens with one attached hydrogen (secondary N) is 1. The van der Waals surface area contributed by atoms with Gasteiger partial charge < -0.3 is 5.32 Å². The molecule has 1 N–H and O–H groups in total.